The van der Waals surface area contributed by atoms with Gasteiger partial charge in [0.25, 0.3) is 5.78 Å². The molecule has 1 aromatic heterocycles. The zero-order valence-corrected chi connectivity index (χ0v) is 9.94. The Kier molecular flexibility index (Phi) is 3.41. The molecule has 18 heavy (non-hydrogen) atoms. The van der Waals surface area contributed by atoms with Crippen molar-refractivity contribution in [3.8, 4) is 0 Å². The first-order valence-corrected chi connectivity index (χ1v) is 5.91. The summed E-state index contributed by atoms with van der Waals surface area (Å²) in [6.45, 7) is 2.15. The SMILES string of the molecule is CC1CCC(n2cc(C(=O)C(F)(F)F)nn2)CC1. The highest BCUT2D eigenvalue weighted by Gasteiger charge is 2.41. The van der Waals surface area contributed by atoms with Crippen LogP contribution in [0.25, 0.3) is 0 Å². The van der Waals surface area contributed by atoms with Gasteiger partial charge in [0.05, 0.1) is 12.2 Å². The summed E-state index contributed by atoms with van der Waals surface area (Å²) in [5.41, 5.74) is -0.624. The molecule has 0 N–H and O–H groups in total. The number of rotatable bonds is 2. The third-order valence-electron chi connectivity index (χ3n) is 3.36. The van der Waals surface area contributed by atoms with Gasteiger partial charge in [-0.25, -0.2) is 4.68 Å². The largest absolute Gasteiger partial charge is 0.456 e. The van der Waals surface area contributed by atoms with Crippen LogP contribution in [0, 0.1) is 5.92 Å². The maximum Gasteiger partial charge on any atom is 0.456 e. The number of carbonyl (C=O) groups is 1. The van der Waals surface area contributed by atoms with Crippen molar-refractivity contribution in [1.29, 1.82) is 0 Å². The molecule has 2 rings (SSSR count). The van der Waals surface area contributed by atoms with Crippen LogP contribution in [-0.2, 0) is 0 Å². The fourth-order valence-corrected chi connectivity index (χ4v) is 2.21. The minimum absolute atomic E-state index is 0.0588. The molecule has 0 spiro atoms. The van der Waals surface area contributed by atoms with Crippen LogP contribution in [0.1, 0.15) is 49.1 Å². The minimum atomic E-state index is -4.89. The molecule has 1 heterocycles. The molecule has 0 radical (unpaired) electrons. The van der Waals surface area contributed by atoms with E-state index < -0.39 is 17.7 Å². The van der Waals surface area contributed by atoms with E-state index in [0.29, 0.717) is 5.92 Å². The second kappa shape index (κ2) is 4.70. The number of Topliss-reactive ketones (excluding diaryl/α,β-unsaturated/α-hetero) is 1. The van der Waals surface area contributed by atoms with Crippen LogP contribution in [0.3, 0.4) is 0 Å². The molecule has 0 atom stereocenters. The van der Waals surface area contributed by atoms with Crippen molar-refractivity contribution in [2.45, 2.75) is 44.8 Å². The predicted molar refractivity (Wildman–Crippen MR) is 57.1 cm³/mol. The van der Waals surface area contributed by atoms with E-state index in [-0.39, 0.29) is 6.04 Å². The minimum Gasteiger partial charge on any atom is -0.282 e. The summed E-state index contributed by atoms with van der Waals surface area (Å²) in [4.78, 5) is 11.0. The molecule has 100 valence electrons. The summed E-state index contributed by atoms with van der Waals surface area (Å²) in [6, 6.07) is 0.0588. The van der Waals surface area contributed by atoms with E-state index in [0.717, 1.165) is 31.9 Å². The molecule has 0 bridgehead atoms. The molecule has 1 aliphatic rings. The van der Waals surface area contributed by atoms with Gasteiger partial charge in [-0.05, 0) is 31.6 Å². The van der Waals surface area contributed by atoms with Gasteiger partial charge in [-0.3, -0.25) is 4.79 Å². The van der Waals surface area contributed by atoms with E-state index >= 15 is 0 Å². The van der Waals surface area contributed by atoms with Gasteiger partial charge in [-0.1, -0.05) is 12.1 Å². The second-order valence-electron chi connectivity index (χ2n) is 4.82. The van der Waals surface area contributed by atoms with Crippen LogP contribution in [0.5, 0.6) is 0 Å². The van der Waals surface area contributed by atoms with Crippen molar-refractivity contribution in [3.05, 3.63) is 11.9 Å². The molecular formula is C11H14F3N3O. The molecule has 0 amide bonds. The third kappa shape index (κ3) is 2.70. The Bertz CT molecular complexity index is 433. The molecule has 1 aromatic rings. The van der Waals surface area contributed by atoms with Gasteiger partial charge in [0.1, 0.15) is 0 Å². The standard InChI is InChI=1S/C11H14F3N3O/c1-7-2-4-8(5-3-7)17-6-9(15-16-17)10(18)11(12,13)14/h6-8H,2-5H2,1H3. The van der Waals surface area contributed by atoms with Gasteiger partial charge >= 0.3 is 6.18 Å². The number of carbonyl (C=O) groups excluding carboxylic acids is 1. The number of hydrogen-bond acceptors (Lipinski definition) is 3. The second-order valence-corrected chi connectivity index (χ2v) is 4.82. The highest BCUT2D eigenvalue weighted by Crippen LogP contribution is 2.31. The highest BCUT2D eigenvalue weighted by atomic mass is 19.4. The molecule has 1 saturated carbocycles. The first kappa shape index (κ1) is 13.0. The summed E-state index contributed by atoms with van der Waals surface area (Å²) >= 11 is 0. The number of aromatic nitrogens is 3. The van der Waals surface area contributed by atoms with Crippen molar-refractivity contribution >= 4 is 5.78 Å². The van der Waals surface area contributed by atoms with E-state index in [1.54, 1.807) is 0 Å². The summed E-state index contributed by atoms with van der Waals surface area (Å²) in [7, 11) is 0. The molecule has 0 aliphatic heterocycles. The van der Waals surface area contributed by atoms with Gasteiger partial charge in [0.2, 0.25) is 0 Å². The Labute approximate surface area is 102 Å². The lowest BCUT2D eigenvalue weighted by Gasteiger charge is -2.25. The summed E-state index contributed by atoms with van der Waals surface area (Å²) < 4.78 is 38.0. The van der Waals surface area contributed by atoms with Crippen molar-refractivity contribution in [1.82, 2.24) is 15.0 Å². The average molecular weight is 261 g/mol. The lowest BCUT2D eigenvalue weighted by molar-refractivity contribution is -0.0888. The monoisotopic (exact) mass is 261 g/mol. The summed E-state index contributed by atoms with van der Waals surface area (Å²) in [5, 5.41) is 6.97. The first-order valence-electron chi connectivity index (χ1n) is 5.91. The summed E-state index contributed by atoms with van der Waals surface area (Å²) in [5.74, 6) is -1.29. The van der Waals surface area contributed by atoms with Crippen LogP contribution < -0.4 is 0 Å². The molecular weight excluding hydrogens is 247 g/mol. The van der Waals surface area contributed by atoms with E-state index in [1.807, 2.05) is 0 Å². The maximum atomic E-state index is 12.2. The first-order chi connectivity index (χ1) is 8.38. The van der Waals surface area contributed by atoms with E-state index in [9.17, 15) is 18.0 Å². The number of halogens is 3. The van der Waals surface area contributed by atoms with Gasteiger partial charge in [0.15, 0.2) is 5.69 Å². The molecule has 1 aliphatic carbocycles. The van der Waals surface area contributed by atoms with Gasteiger partial charge in [-0.2, -0.15) is 13.2 Å². The molecule has 7 heteroatoms. The third-order valence-corrected chi connectivity index (χ3v) is 3.36. The Morgan fingerprint density at radius 2 is 1.94 bits per heavy atom. The zero-order chi connectivity index (χ0) is 13.3. The van der Waals surface area contributed by atoms with Gasteiger partial charge in [0, 0.05) is 0 Å². The van der Waals surface area contributed by atoms with Crippen LogP contribution >= 0.6 is 0 Å². The van der Waals surface area contributed by atoms with E-state index in [2.05, 4.69) is 17.2 Å². The molecule has 0 saturated heterocycles. The Morgan fingerprint density at radius 1 is 1.33 bits per heavy atom. The van der Waals surface area contributed by atoms with Crippen LogP contribution in [0.15, 0.2) is 6.20 Å². The fraction of sp³-hybridized carbons (Fsp3) is 0.727. The molecule has 1 fully saturated rings. The van der Waals surface area contributed by atoms with Crippen molar-refractivity contribution < 1.29 is 18.0 Å². The quantitative estimate of drug-likeness (QED) is 0.769. The van der Waals surface area contributed by atoms with Crippen molar-refractivity contribution in [2.75, 3.05) is 0 Å². The van der Waals surface area contributed by atoms with Crippen molar-refractivity contribution in [2.24, 2.45) is 5.92 Å². The number of ketones is 1. The average Bonchev–Trinajstić information content (AvgIpc) is 2.77. The topological polar surface area (TPSA) is 47.8 Å². The Hall–Kier alpha value is -1.40. The van der Waals surface area contributed by atoms with Gasteiger partial charge < -0.3 is 0 Å². The summed E-state index contributed by atoms with van der Waals surface area (Å²) in [6.07, 6.45) is -0.00702. The van der Waals surface area contributed by atoms with Crippen molar-refractivity contribution in [3.63, 3.8) is 0 Å². The van der Waals surface area contributed by atoms with E-state index in [1.165, 1.54) is 4.68 Å². The lowest BCUT2D eigenvalue weighted by atomic mass is 9.87. The number of hydrogen-bond donors (Lipinski definition) is 0. The van der Waals surface area contributed by atoms with Crippen LogP contribution in [-0.4, -0.2) is 27.0 Å². The number of alkyl halides is 3. The smallest absolute Gasteiger partial charge is 0.282 e. The van der Waals surface area contributed by atoms with E-state index in [4.69, 9.17) is 0 Å². The zero-order valence-electron chi connectivity index (χ0n) is 9.94. The maximum absolute atomic E-state index is 12.2. The number of nitrogens with zero attached hydrogens (tertiary/aromatic N) is 3. The fourth-order valence-electron chi connectivity index (χ4n) is 2.21. The van der Waals surface area contributed by atoms with Crippen LogP contribution in [0.2, 0.25) is 0 Å². The highest BCUT2D eigenvalue weighted by molar-refractivity contribution is 5.98. The Morgan fingerprint density at radius 3 is 2.50 bits per heavy atom. The Balaban J connectivity index is 2.09. The molecule has 0 unspecified atom stereocenters. The molecule has 0 aromatic carbocycles. The normalized spacial score (nSPS) is 25.1. The molecule has 4 nitrogen and oxygen atoms in total. The lowest BCUT2D eigenvalue weighted by Crippen LogP contribution is -2.23. The van der Waals surface area contributed by atoms with Crippen LogP contribution in [0.4, 0.5) is 13.2 Å². The van der Waals surface area contributed by atoms with Gasteiger partial charge in [-0.15, -0.1) is 5.10 Å². The predicted octanol–water partition coefficient (Wildman–Crippen LogP) is 2.77.